The van der Waals surface area contributed by atoms with Crippen molar-refractivity contribution in [3.8, 4) is 0 Å². The average molecular weight is 185 g/mol. The van der Waals surface area contributed by atoms with Crippen molar-refractivity contribution in [2.75, 3.05) is 0 Å². The predicted octanol–water partition coefficient (Wildman–Crippen LogP) is 2.73. The molecule has 1 fully saturated rings. The lowest BCUT2D eigenvalue weighted by Crippen LogP contribution is -2.35. The van der Waals surface area contributed by atoms with Crippen molar-refractivity contribution in [3.63, 3.8) is 0 Å². The molecular weight excluding hydrogens is 162 g/mol. The first-order valence-corrected chi connectivity index (χ1v) is 5.45. The lowest BCUT2D eigenvalue weighted by Gasteiger charge is -2.26. The Morgan fingerprint density at radius 3 is 2.00 bits per heavy atom. The molecule has 0 unspecified atom stereocenters. The number of hydrogen-bond acceptors (Lipinski definition) is 1. The van der Waals surface area contributed by atoms with Crippen LogP contribution in [0.2, 0.25) is 0 Å². The number of hydrogen-bond donors (Lipinski definition) is 1. The first kappa shape index (κ1) is 12.5. The summed E-state index contributed by atoms with van der Waals surface area (Å²) in [5.74, 6) is 0.976. The highest BCUT2D eigenvalue weighted by Gasteiger charge is 2.17. The van der Waals surface area contributed by atoms with Gasteiger partial charge >= 0.3 is 0 Å². The number of amides is 1. The highest BCUT2D eigenvalue weighted by Crippen LogP contribution is 2.23. The molecule has 1 amide bonds. The third-order valence-corrected chi connectivity index (χ3v) is 2.42. The van der Waals surface area contributed by atoms with Crippen LogP contribution in [0.3, 0.4) is 0 Å². The molecule has 0 aromatic heterocycles. The zero-order valence-electron chi connectivity index (χ0n) is 9.39. The molecule has 1 saturated carbocycles. The summed E-state index contributed by atoms with van der Waals surface area (Å²) in [7, 11) is 0. The molecule has 2 heteroatoms. The molecule has 0 bridgehead atoms. The second kappa shape index (κ2) is 6.93. The molecule has 0 saturated heterocycles. The van der Waals surface area contributed by atoms with E-state index in [2.05, 4.69) is 12.2 Å². The highest BCUT2D eigenvalue weighted by atomic mass is 16.1. The minimum Gasteiger partial charge on any atom is -0.354 e. The van der Waals surface area contributed by atoms with E-state index >= 15 is 0 Å². The maximum atomic E-state index is 10.7. The summed E-state index contributed by atoms with van der Waals surface area (Å²) >= 11 is 0. The van der Waals surface area contributed by atoms with E-state index in [0.717, 1.165) is 5.92 Å². The van der Waals surface area contributed by atoms with Gasteiger partial charge in [0.2, 0.25) is 5.91 Å². The molecule has 13 heavy (non-hydrogen) atoms. The molecule has 0 spiro atoms. The molecule has 0 radical (unpaired) electrons. The zero-order chi connectivity index (χ0) is 10.3. The van der Waals surface area contributed by atoms with Gasteiger partial charge < -0.3 is 5.32 Å². The number of carbonyl (C=O) groups is 1. The van der Waals surface area contributed by atoms with Crippen LogP contribution in [0, 0.1) is 5.92 Å². The molecule has 0 heterocycles. The zero-order valence-corrected chi connectivity index (χ0v) is 9.39. The first-order valence-electron chi connectivity index (χ1n) is 5.45. The summed E-state index contributed by atoms with van der Waals surface area (Å²) in [4.78, 5) is 10.7. The summed E-state index contributed by atoms with van der Waals surface area (Å²) < 4.78 is 0. The molecule has 0 aromatic carbocycles. The van der Waals surface area contributed by atoms with Crippen LogP contribution in [-0.2, 0) is 4.79 Å². The molecule has 1 aliphatic carbocycles. The largest absolute Gasteiger partial charge is 0.354 e. The number of carbonyl (C=O) groups excluding carboxylic acids is 1. The third-order valence-electron chi connectivity index (χ3n) is 2.42. The van der Waals surface area contributed by atoms with Crippen molar-refractivity contribution in [3.05, 3.63) is 0 Å². The van der Waals surface area contributed by atoms with Gasteiger partial charge in [0.1, 0.15) is 0 Å². The van der Waals surface area contributed by atoms with Crippen LogP contribution in [0.1, 0.15) is 53.4 Å². The second-order valence-electron chi connectivity index (χ2n) is 3.66. The van der Waals surface area contributed by atoms with Gasteiger partial charge in [0.25, 0.3) is 0 Å². The van der Waals surface area contributed by atoms with Crippen LogP contribution in [0.25, 0.3) is 0 Å². The Morgan fingerprint density at radius 2 is 1.62 bits per heavy atom. The van der Waals surface area contributed by atoms with E-state index in [-0.39, 0.29) is 5.91 Å². The van der Waals surface area contributed by atoms with Crippen LogP contribution >= 0.6 is 0 Å². The summed E-state index contributed by atoms with van der Waals surface area (Å²) in [6, 6.07) is 0.462. The molecule has 0 atom stereocenters. The van der Waals surface area contributed by atoms with Gasteiger partial charge in [-0.05, 0) is 31.6 Å². The van der Waals surface area contributed by atoms with Crippen LogP contribution in [0.15, 0.2) is 0 Å². The fraction of sp³-hybridized carbons (Fsp3) is 0.909. The predicted molar refractivity (Wildman–Crippen MR) is 56.6 cm³/mol. The van der Waals surface area contributed by atoms with Gasteiger partial charge in [-0.1, -0.05) is 20.8 Å². The van der Waals surface area contributed by atoms with Crippen LogP contribution in [0.5, 0.6) is 0 Å². The van der Waals surface area contributed by atoms with Crippen LogP contribution in [0.4, 0.5) is 0 Å². The minimum absolute atomic E-state index is 0.115. The Bertz CT molecular complexity index is 137. The molecule has 1 aliphatic rings. The van der Waals surface area contributed by atoms with Gasteiger partial charge in [-0.2, -0.15) is 0 Å². The second-order valence-corrected chi connectivity index (χ2v) is 3.66. The van der Waals surface area contributed by atoms with Crippen molar-refractivity contribution in [1.29, 1.82) is 0 Å². The minimum atomic E-state index is 0.115. The van der Waals surface area contributed by atoms with E-state index in [1.54, 1.807) is 6.92 Å². The number of nitrogens with one attached hydrogen (secondary N) is 1. The van der Waals surface area contributed by atoms with Gasteiger partial charge in [-0.3, -0.25) is 4.79 Å². The Kier molecular flexibility index (Phi) is 6.65. The van der Waals surface area contributed by atoms with Crippen molar-refractivity contribution in [1.82, 2.24) is 5.32 Å². The van der Waals surface area contributed by atoms with Crippen LogP contribution < -0.4 is 5.32 Å². The molecule has 1 N–H and O–H groups in total. The Balaban J connectivity index is 0.000000671. The topological polar surface area (TPSA) is 29.1 Å². The molecule has 1 rings (SSSR count). The smallest absolute Gasteiger partial charge is 0.217 e. The van der Waals surface area contributed by atoms with Gasteiger partial charge in [-0.15, -0.1) is 0 Å². The molecule has 78 valence electrons. The van der Waals surface area contributed by atoms with Gasteiger partial charge in [0.15, 0.2) is 0 Å². The van der Waals surface area contributed by atoms with E-state index < -0.39 is 0 Å². The van der Waals surface area contributed by atoms with E-state index in [1.165, 1.54) is 25.7 Å². The maximum Gasteiger partial charge on any atom is 0.217 e. The van der Waals surface area contributed by atoms with Gasteiger partial charge in [0.05, 0.1) is 0 Å². The van der Waals surface area contributed by atoms with Gasteiger partial charge in [-0.25, -0.2) is 0 Å². The quantitative estimate of drug-likeness (QED) is 0.668. The van der Waals surface area contributed by atoms with E-state index in [9.17, 15) is 4.79 Å². The first-order chi connectivity index (χ1) is 6.18. The van der Waals surface area contributed by atoms with Gasteiger partial charge in [0, 0.05) is 13.0 Å². The Labute approximate surface area is 82.1 Å². The SMILES string of the molecule is CC.CC(=O)NC1CCC(C)CC1. The van der Waals surface area contributed by atoms with E-state index in [0.29, 0.717) is 6.04 Å². The maximum absolute atomic E-state index is 10.7. The monoisotopic (exact) mass is 185 g/mol. The fourth-order valence-electron chi connectivity index (χ4n) is 1.69. The van der Waals surface area contributed by atoms with E-state index in [1.807, 2.05) is 13.8 Å². The Hall–Kier alpha value is -0.530. The molecule has 2 nitrogen and oxygen atoms in total. The fourth-order valence-corrected chi connectivity index (χ4v) is 1.69. The van der Waals surface area contributed by atoms with Crippen molar-refractivity contribution in [2.45, 2.75) is 59.4 Å². The van der Waals surface area contributed by atoms with Crippen LogP contribution in [-0.4, -0.2) is 11.9 Å². The standard InChI is InChI=1S/C9H17NO.C2H6/c1-7-3-5-9(6-4-7)10-8(2)11;1-2/h7,9H,3-6H2,1-2H3,(H,10,11);1-2H3. The third kappa shape index (κ3) is 5.67. The van der Waals surface area contributed by atoms with Crippen molar-refractivity contribution < 1.29 is 4.79 Å². The Morgan fingerprint density at radius 1 is 1.15 bits per heavy atom. The molecule has 0 aromatic rings. The lowest BCUT2D eigenvalue weighted by molar-refractivity contribution is -0.119. The highest BCUT2D eigenvalue weighted by molar-refractivity contribution is 5.73. The summed E-state index contributed by atoms with van der Waals surface area (Å²) in [6.45, 7) is 7.88. The average Bonchev–Trinajstić information content (AvgIpc) is 2.12. The van der Waals surface area contributed by atoms with E-state index in [4.69, 9.17) is 0 Å². The normalized spacial score (nSPS) is 27.1. The molecular formula is C11H23NO. The summed E-state index contributed by atoms with van der Waals surface area (Å²) in [5.41, 5.74) is 0. The molecule has 0 aliphatic heterocycles. The lowest BCUT2D eigenvalue weighted by atomic mass is 9.87. The summed E-state index contributed by atoms with van der Waals surface area (Å²) in [5, 5.41) is 2.96. The van der Waals surface area contributed by atoms with Crippen molar-refractivity contribution >= 4 is 5.91 Å². The van der Waals surface area contributed by atoms with Crippen molar-refractivity contribution in [2.24, 2.45) is 5.92 Å². The summed E-state index contributed by atoms with van der Waals surface area (Å²) in [6.07, 6.45) is 4.87. The number of rotatable bonds is 1.